The van der Waals surface area contributed by atoms with E-state index >= 15 is 0 Å². The molecule has 226 valence electrons. The minimum atomic E-state index is -0.467. The van der Waals surface area contributed by atoms with E-state index in [4.69, 9.17) is 14.2 Å². The average Bonchev–Trinajstić information content (AvgIpc) is 3.14. The van der Waals surface area contributed by atoms with E-state index in [9.17, 15) is 19.5 Å². The van der Waals surface area contributed by atoms with Crippen LogP contribution < -0.4 is 0 Å². The molecule has 1 N–H and O–H groups in total. The van der Waals surface area contributed by atoms with E-state index in [1.54, 1.807) is 0 Å². The fraction of sp³-hybridized carbons (Fsp3) is 0.848. The Morgan fingerprint density at radius 2 is 1.70 bits per heavy atom. The molecule has 7 heteroatoms. The monoisotopic (exact) mass is 560 g/mol. The first kappa shape index (κ1) is 31.1. The van der Waals surface area contributed by atoms with E-state index in [0.29, 0.717) is 30.6 Å². The number of carbonyl (C=O) groups excluding carboxylic acids is 3. The van der Waals surface area contributed by atoms with Gasteiger partial charge in [-0.05, 0) is 73.7 Å². The van der Waals surface area contributed by atoms with Crippen LogP contribution in [0.15, 0.2) is 11.6 Å². The van der Waals surface area contributed by atoms with E-state index in [1.165, 1.54) is 33.6 Å². The highest BCUT2D eigenvalue weighted by molar-refractivity contribution is 5.67. The summed E-state index contributed by atoms with van der Waals surface area (Å²) in [6.45, 7) is 13.9. The molecule has 0 spiro atoms. The van der Waals surface area contributed by atoms with Gasteiger partial charge in [-0.25, -0.2) is 0 Å². The Morgan fingerprint density at radius 1 is 1.00 bits per heavy atom. The van der Waals surface area contributed by atoms with Crippen molar-refractivity contribution in [2.45, 2.75) is 125 Å². The summed E-state index contributed by atoms with van der Waals surface area (Å²) in [5.74, 6) is 0.708. The molecule has 0 aromatic rings. The molecule has 10 unspecified atom stereocenters. The Balaban J connectivity index is 1.77. The summed E-state index contributed by atoms with van der Waals surface area (Å²) in [4.78, 5) is 36.9. The standard InChI is InChI=1S/C33H52O7/c1-19(2)9-8-10-20(3)27-17-29(40-23(6)36)31-30-26(12-13-32(27,31)7)33(18-38-21(4)34)14-11-25(37)15-24(33)16-28(30)39-22(5)35/h16,19-20,25-31,37H,8-15,17-18H2,1-7H3. The summed E-state index contributed by atoms with van der Waals surface area (Å²) in [6, 6.07) is 0. The van der Waals surface area contributed by atoms with Crippen LogP contribution in [-0.2, 0) is 28.6 Å². The van der Waals surface area contributed by atoms with Crippen molar-refractivity contribution in [2.75, 3.05) is 6.61 Å². The number of carbonyl (C=O) groups is 3. The molecular weight excluding hydrogens is 508 g/mol. The quantitative estimate of drug-likeness (QED) is 0.209. The second kappa shape index (κ2) is 12.1. The van der Waals surface area contributed by atoms with Crippen molar-refractivity contribution >= 4 is 17.9 Å². The van der Waals surface area contributed by atoms with Gasteiger partial charge in [-0.15, -0.1) is 0 Å². The number of hydrogen-bond acceptors (Lipinski definition) is 7. The SMILES string of the molecule is CC(=O)OCC12CCC(O)CC1=CC(OC(C)=O)C1C2CCC2(C)C(C(C)CCCC(C)C)CC(OC(C)=O)C12. The molecule has 0 saturated heterocycles. The Kier molecular flexibility index (Phi) is 9.43. The Morgan fingerprint density at radius 3 is 2.33 bits per heavy atom. The van der Waals surface area contributed by atoms with E-state index in [1.807, 2.05) is 0 Å². The van der Waals surface area contributed by atoms with Gasteiger partial charge in [-0.2, -0.15) is 0 Å². The summed E-state index contributed by atoms with van der Waals surface area (Å²) in [5.41, 5.74) is 0.568. The summed E-state index contributed by atoms with van der Waals surface area (Å²) >= 11 is 0. The van der Waals surface area contributed by atoms with Crippen molar-refractivity contribution in [3.8, 4) is 0 Å². The lowest BCUT2D eigenvalue weighted by Gasteiger charge is -2.60. The predicted octanol–water partition coefficient (Wildman–Crippen LogP) is 6.02. The van der Waals surface area contributed by atoms with E-state index < -0.39 is 17.6 Å². The lowest BCUT2D eigenvalue weighted by molar-refractivity contribution is -0.177. The minimum Gasteiger partial charge on any atom is -0.465 e. The summed E-state index contributed by atoms with van der Waals surface area (Å²) in [5, 5.41) is 10.6. The third-order valence-corrected chi connectivity index (χ3v) is 11.1. The van der Waals surface area contributed by atoms with Crippen molar-refractivity contribution in [1.82, 2.24) is 0 Å². The summed E-state index contributed by atoms with van der Waals surface area (Å²) in [7, 11) is 0. The third kappa shape index (κ3) is 6.00. The van der Waals surface area contributed by atoms with Crippen LogP contribution in [0.1, 0.15) is 106 Å². The zero-order valence-corrected chi connectivity index (χ0v) is 25.7. The van der Waals surface area contributed by atoms with Crippen LogP contribution in [0, 0.1) is 46.3 Å². The second-order valence-electron chi connectivity index (χ2n) is 14.1. The zero-order chi connectivity index (χ0) is 29.4. The maximum atomic E-state index is 12.4. The highest BCUT2D eigenvalue weighted by atomic mass is 16.6. The van der Waals surface area contributed by atoms with Crippen molar-refractivity contribution < 1.29 is 33.7 Å². The summed E-state index contributed by atoms with van der Waals surface area (Å²) < 4.78 is 17.9. The average molecular weight is 561 g/mol. The van der Waals surface area contributed by atoms with Crippen molar-refractivity contribution in [3.63, 3.8) is 0 Å². The molecule has 0 amide bonds. The molecule has 10 atom stereocenters. The molecule has 3 saturated carbocycles. The van der Waals surface area contributed by atoms with Crippen LogP contribution in [0.25, 0.3) is 0 Å². The number of aliphatic hydroxyl groups excluding tert-OH is 1. The molecule has 0 aromatic heterocycles. The zero-order valence-electron chi connectivity index (χ0n) is 25.7. The van der Waals surface area contributed by atoms with Gasteiger partial charge in [0, 0.05) is 38.0 Å². The Hall–Kier alpha value is -1.89. The first-order chi connectivity index (χ1) is 18.8. The molecule has 0 aliphatic heterocycles. The van der Waals surface area contributed by atoms with Crippen molar-refractivity contribution in [3.05, 3.63) is 11.6 Å². The van der Waals surface area contributed by atoms with Gasteiger partial charge in [-0.3, -0.25) is 14.4 Å². The maximum absolute atomic E-state index is 12.4. The lowest BCUT2D eigenvalue weighted by atomic mass is 9.45. The number of fused-ring (bicyclic) bond motifs is 5. The maximum Gasteiger partial charge on any atom is 0.303 e. The second-order valence-corrected chi connectivity index (χ2v) is 14.1. The van der Waals surface area contributed by atoms with Crippen LogP contribution in [0.4, 0.5) is 0 Å². The largest absolute Gasteiger partial charge is 0.465 e. The molecule has 40 heavy (non-hydrogen) atoms. The smallest absolute Gasteiger partial charge is 0.303 e. The molecule has 4 rings (SSSR count). The normalized spacial score (nSPS) is 39.3. The molecule has 0 bridgehead atoms. The number of hydrogen-bond donors (Lipinski definition) is 1. The van der Waals surface area contributed by atoms with Gasteiger partial charge >= 0.3 is 17.9 Å². The van der Waals surface area contributed by atoms with Gasteiger partial charge in [-0.1, -0.05) is 52.5 Å². The van der Waals surface area contributed by atoms with Crippen molar-refractivity contribution in [2.24, 2.45) is 46.3 Å². The van der Waals surface area contributed by atoms with Crippen LogP contribution in [0.5, 0.6) is 0 Å². The number of esters is 3. The van der Waals surface area contributed by atoms with Gasteiger partial charge in [0.25, 0.3) is 0 Å². The highest BCUT2D eigenvalue weighted by Gasteiger charge is 2.66. The predicted molar refractivity (Wildman–Crippen MR) is 152 cm³/mol. The van der Waals surface area contributed by atoms with Crippen molar-refractivity contribution in [1.29, 1.82) is 0 Å². The van der Waals surface area contributed by atoms with Gasteiger partial charge < -0.3 is 19.3 Å². The molecule has 4 aliphatic carbocycles. The fourth-order valence-electron chi connectivity index (χ4n) is 9.55. The fourth-order valence-corrected chi connectivity index (χ4v) is 9.55. The number of ether oxygens (including phenoxy) is 3. The third-order valence-electron chi connectivity index (χ3n) is 11.1. The van der Waals surface area contributed by atoms with Crippen LogP contribution >= 0.6 is 0 Å². The number of aliphatic hydroxyl groups is 1. The van der Waals surface area contributed by atoms with Crippen LogP contribution in [0.2, 0.25) is 0 Å². The topological polar surface area (TPSA) is 99.1 Å². The molecule has 4 aliphatic rings. The molecule has 7 nitrogen and oxygen atoms in total. The first-order valence-corrected chi connectivity index (χ1v) is 15.7. The molecule has 3 fully saturated rings. The van der Waals surface area contributed by atoms with E-state index in [-0.39, 0.29) is 53.8 Å². The molecular formula is C33H52O7. The molecule has 0 heterocycles. The lowest BCUT2D eigenvalue weighted by Crippen LogP contribution is -2.59. The number of rotatable bonds is 9. The van der Waals surface area contributed by atoms with Crippen LogP contribution in [0.3, 0.4) is 0 Å². The molecule has 0 aromatic carbocycles. The van der Waals surface area contributed by atoms with E-state index in [0.717, 1.165) is 37.7 Å². The first-order valence-electron chi connectivity index (χ1n) is 15.7. The Bertz CT molecular complexity index is 987. The molecule has 0 radical (unpaired) electrons. The van der Waals surface area contributed by atoms with Crippen LogP contribution in [-0.4, -0.2) is 47.9 Å². The summed E-state index contributed by atoms with van der Waals surface area (Å²) in [6.07, 6.45) is 9.03. The minimum absolute atomic E-state index is 0.0240. The van der Waals surface area contributed by atoms with Gasteiger partial charge in [0.15, 0.2) is 0 Å². The Labute approximate surface area is 240 Å². The van der Waals surface area contributed by atoms with Gasteiger partial charge in [0.2, 0.25) is 0 Å². The van der Waals surface area contributed by atoms with E-state index in [2.05, 4.69) is 33.8 Å². The van der Waals surface area contributed by atoms with Gasteiger partial charge in [0.05, 0.1) is 6.10 Å². The highest BCUT2D eigenvalue weighted by Crippen LogP contribution is 2.68. The van der Waals surface area contributed by atoms with Gasteiger partial charge in [0.1, 0.15) is 18.8 Å².